The van der Waals surface area contributed by atoms with E-state index in [0.29, 0.717) is 24.9 Å². The number of anilines is 1. The first-order valence-electron chi connectivity index (χ1n) is 8.64. The van der Waals surface area contributed by atoms with Crippen LogP contribution in [0.1, 0.15) is 36.8 Å². The lowest BCUT2D eigenvalue weighted by atomic mass is 10.2. The third kappa shape index (κ3) is 5.20. The zero-order chi connectivity index (χ0) is 18.2. The number of rotatable bonds is 7. The largest absolute Gasteiger partial charge is 0.444 e. The molecule has 25 heavy (non-hydrogen) atoms. The van der Waals surface area contributed by atoms with Gasteiger partial charge in [-0.3, -0.25) is 4.99 Å². The summed E-state index contributed by atoms with van der Waals surface area (Å²) in [6.45, 7) is 11.2. The number of pyridine rings is 1. The molecule has 0 saturated heterocycles. The molecular weight excluding hydrogens is 316 g/mol. The van der Waals surface area contributed by atoms with Gasteiger partial charge in [0.15, 0.2) is 5.96 Å². The van der Waals surface area contributed by atoms with Gasteiger partial charge < -0.3 is 20.0 Å². The third-order valence-corrected chi connectivity index (χ3v) is 4.06. The molecule has 2 rings (SSSR count). The number of aromatic nitrogens is 2. The maximum Gasteiger partial charge on any atom is 0.214 e. The van der Waals surface area contributed by atoms with Crippen LogP contribution in [0.5, 0.6) is 0 Å². The van der Waals surface area contributed by atoms with Crippen molar-refractivity contribution in [2.24, 2.45) is 4.99 Å². The summed E-state index contributed by atoms with van der Waals surface area (Å²) in [6, 6.07) is 4.14. The average molecular weight is 344 g/mol. The van der Waals surface area contributed by atoms with Gasteiger partial charge in [0, 0.05) is 32.9 Å². The number of nitrogens with one attached hydrogen (secondary N) is 2. The minimum Gasteiger partial charge on any atom is -0.444 e. The molecule has 0 amide bonds. The van der Waals surface area contributed by atoms with Crippen LogP contribution in [0.25, 0.3) is 0 Å². The zero-order valence-electron chi connectivity index (χ0n) is 15.8. The zero-order valence-corrected chi connectivity index (χ0v) is 15.8. The van der Waals surface area contributed by atoms with Gasteiger partial charge in [0.1, 0.15) is 11.6 Å². The second-order valence-corrected chi connectivity index (χ2v) is 5.73. The van der Waals surface area contributed by atoms with Crippen molar-refractivity contribution in [1.29, 1.82) is 0 Å². The monoisotopic (exact) mass is 344 g/mol. The number of hydrogen-bond acceptors (Lipinski definition) is 5. The number of oxazole rings is 1. The fourth-order valence-corrected chi connectivity index (χ4v) is 2.44. The topological polar surface area (TPSA) is 78.6 Å². The highest BCUT2D eigenvalue weighted by Gasteiger charge is 2.07. The second-order valence-electron chi connectivity index (χ2n) is 5.73. The van der Waals surface area contributed by atoms with E-state index in [9.17, 15) is 0 Å². The van der Waals surface area contributed by atoms with Crippen LogP contribution in [-0.2, 0) is 13.1 Å². The Kier molecular flexibility index (Phi) is 6.80. The summed E-state index contributed by atoms with van der Waals surface area (Å²) in [5, 5.41) is 6.47. The first-order valence-corrected chi connectivity index (χ1v) is 8.64. The molecule has 0 aliphatic carbocycles. The first kappa shape index (κ1) is 18.8. The van der Waals surface area contributed by atoms with E-state index in [1.54, 1.807) is 7.05 Å². The molecule has 0 saturated carbocycles. The predicted molar refractivity (Wildman–Crippen MR) is 101 cm³/mol. The van der Waals surface area contributed by atoms with E-state index in [4.69, 9.17) is 4.42 Å². The molecule has 0 aliphatic heterocycles. The van der Waals surface area contributed by atoms with Gasteiger partial charge in [-0.2, -0.15) is 0 Å². The van der Waals surface area contributed by atoms with Crippen molar-refractivity contribution in [1.82, 2.24) is 20.6 Å². The van der Waals surface area contributed by atoms with Gasteiger partial charge in [0.25, 0.3) is 0 Å². The van der Waals surface area contributed by atoms with Gasteiger partial charge in [0.05, 0.1) is 12.2 Å². The maximum absolute atomic E-state index is 5.56. The van der Waals surface area contributed by atoms with Crippen LogP contribution in [0, 0.1) is 13.8 Å². The molecule has 7 heteroatoms. The van der Waals surface area contributed by atoms with Crippen LogP contribution in [0.2, 0.25) is 0 Å². The molecule has 0 spiro atoms. The first-order chi connectivity index (χ1) is 12.1. The van der Waals surface area contributed by atoms with Gasteiger partial charge in [0.2, 0.25) is 5.89 Å². The molecule has 2 aromatic heterocycles. The van der Waals surface area contributed by atoms with E-state index < -0.39 is 0 Å². The highest BCUT2D eigenvalue weighted by atomic mass is 16.4. The van der Waals surface area contributed by atoms with Crippen LogP contribution in [0.15, 0.2) is 27.7 Å². The average Bonchev–Trinajstić information content (AvgIpc) is 2.95. The smallest absolute Gasteiger partial charge is 0.214 e. The molecule has 0 atom stereocenters. The van der Waals surface area contributed by atoms with E-state index >= 15 is 0 Å². The maximum atomic E-state index is 5.56. The number of nitrogens with zero attached hydrogens (tertiary/aromatic N) is 4. The van der Waals surface area contributed by atoms with Crippen LogP contribution < -0.4 is 15.5 Å². The van der Waals surface area contributed by atoms with Crippen molar-refractivity contribution in [2.45, 2.75) is 40.8 Å². The molecule has 0 bridgehead atoms. The lowest BCUT2D eigenvalue weighted by Crippen LogP contribution is -2.36. The summed E-state index contributed by atoms with van der Waals surface area (Å²) in [4.78, 5) is 15.3. The number of guanidine groups is 1. The Balaban J connectivity index is 1.85. The van der Waals surface area contributed by atoms with Crippen LogP contribution in [0.4, 0.5) is 5.82 Å². The van der Waals surface area contributed by atoms with Gasteiger partial charge in [-0.25, -0.2) is 9.97 Å². The molecule has 0 unspecified atom stereocenters. The van der Waals surface area contributed by atoms with Crippen LogP contribution in [0.3, 0.4) is 0 Å². The minimum atomic E-state index is 0.494. The molecule has 2 aromatic rings. The highest BCUT2D eigenvalue weighted by Crippen LogP contribution is 2.11. The van der Waals surface area contributed by atoms with Crippen molar-refractivity contribution in [3.05, 3.63) is 41.2 Å². The standard InChI is InChI=1S/C18H28N6O/c1-6-24(7-2)16-9-8-15(10-20-16)11-21-18(19-5)22-12-17-23-13(3)14(4)25-17/h8-10H,6-7,11-12H2,1-5H3,(H2,19,21,22). The Labute approximate surface area is 149 Å². The van der Waals surface area contributed by atoms with Gasteiger partial charge in [-0.15, -0.1) is 0 Å². The third-order valence-electron chi connectivity index (χ3n) is 4.06. The Morgan fingerprint density at radius 3 is 2.40 bits per heavy atom. The van der Waals surface area contributed by atoms with E-state index in [-0.39, 0.29) is 0 Å². The molecule has 0 radical (unpaired) electrons. The molecule has 2 N–H and O–H groups in total. The normalized spacial score (nSPS) is 11.5. The van der Waals surface area contributed by atoms with E-state index in [1.807, 2.05) is 20.0 Å². The van der Waals surface area contributed by atoms with E-state index in [1.165, 1.54) is 0 Å². The van der Waals surface area contributed by atoms with Crippen LogP contribution >= 0.6 is 0 Å². The highest BCUT2D eigenvalue weighted by molar-refractivity contribution is 5.79. The molecule has 7 nitrogen and oxygen atoms in total. The SMILES string of the molecule is CCN(CC)c1ccc(CNC(=NC)NCc2nc(C)c(C)o2)cn1. The quantitative estimate of drug-likeness (QED) is 0.593. The summed E-state index contributed by atoms with van der Waals surface area (Å²) in [6.07, 6.45) is 1.90. The Morgan fingerprint density at radius 1 is 1.16 bits per heavy atom. The predicted octanol–water partition coefficient (Wildman–Crippen LogP) is 2.40. The lowest BCUT2D eigenvalue weighted by molar-refractivity contribution is 0.463. The summed E-state index contributed by atoms with van der Waals surface area (Å²) in [7, 11) is 1.74. The molecule has 0 aliphatic rings. The number of aliphatic imine (C=N–C) groups is 1. The van der Waals surface area contributed by atoms with Gasteiger partial charge in [-0.1, -0.05) is 6.07 Å². The number of aryl methyl sites for hydroxylation is 2. The summed E-state index contributed by atoms with van der Waals surface area (Å²) in [5.41, 5.74) is 2.01. The van der Waals surface area contributed by atoms with Crippen molar-refractivity contribution < 1.29 is 4.42 Å². The lowest BCUT2D eigenvalue weighted by Gasteiger charge is -2.19. The molecule has 136 valence electrons. The fourth-order valence-electron chi connectivity index (χ4n) is 2.44. The van der Waals surface area contributed by atoms with Gasteiger partial charge in [-0.05, 0) is 39.3 Å². The van der Waals surface area contributed by atoms with E-state index in [2.05, 4.69) is 56.5 Å². The number of hydrogen-bond donors (Lipinski definition) is 2. The minimum absolute atomic E-state index is 0.494. The molecule has 0 fully saturated rings. The Bertz CT molecular complexity index is 669. The Morgan fingerprint density at radius 2 is 1.88 bits per heavy atom. The summed E-state index contributed by atoms with van der Waals surface area (Å²) in [5.74, 6) is 3.20. The van der Waals surface area contributed by atoms with Crippen molar-refractivity contribution in [3.63, 3.8) is 0 Å². The van der Waals surface area contributed by atoms with Crippen LogP contribution in [-0.4, -0.2) is 36.1 Å². The molecular formula is C18H28N6O. The molecule has 2 heterocycles. The second kappa shape index (κ2) is 9.05. The van der Waals surface area contributed by atoms with E-state index in [0.717, 1.165) is 35.9 Å². The van der Waals surface area contributed by atoms with Gasteiger partial charge >= 0.3 is 0 Å². The van der Waals surface area contributed by atoms with Crippen molar-refractivity contribution >= 4 is 11.8 Å². The summed E-state index contributed by atoms with van der Waals surface area (Å²) >= 11 is 0. The van der Waals surface area contributed by atoms with Crippen molar-refractivity contribution in [2.75, 3.05) is 25.0 Å². The van der Waals surface area contributed by atoms with Crippen molar-refractivity contribution in [3.8, 4) is 0 Å². The fraction of sp³-hybridized carbons (Fsp3) is 0.500. The molecule has 0 aromatic carbocycles. The Hall–Kier alpha value is -2.57. The summed E-state index contributed by atoms with van der Waals surface area (Å²) < 4.78 is 5.56.